The molecule has 0 spiro atoms. The van der Waals surface area contributed by atoms with Crippen molar-refractivity contribution in [3.63, 3.8) is 0 Å². The lowest BCUT2D eigenvalue weighted by Gasteiger charge is -2.20. The molecule has 1 aliphatic rings. The second kappa shape index (κ2) is 5.33. The first-order valence-corrected chi connectivity index (χ1v) is 6.28. The minimum absolute atomic E-state index is 0.131. The lowest BCUT2D eigenvalue weighted by molar-refractivity contribution is -0.143. The van der Waals surface area contributed by atoms with Crippen LogP contribution in [0.2, 0.25) is 0 Å². The maximum atomic E-state index is 12.2. The number of ketones is 1. The van der Waals surface area contributed by atoms with Crippen LogP contribution in [-0.4, -0.2) is 23.5 Å². The number of carbonyl (C=O) groups is 2. The number of ether oxygens (including phenoxy) is 1. The number of rotatable bonds is 4. The van der Waals surface area contributed by atoms with Crippen LogP contribution in [0.3, 0.4) is 0 Å². The normalized spacial score (nSPS) is 26.1. The van der Waals surface area contributed by atoms with Gasteiger partial charge in [0.2, 0.25) is 0 Å². The Hall–Kier alpha value is -2.36. The van der Waals surface area contributed by atoms with E-state index in [0.29, 0.717) is 5.56 Å². The van der Waals surface area contributed by atoms with E-state index in [9.17, 15) is 14.7 Å². The molecule has 104 valence electrons. The highest BCUT2D eigenvalue weighted by molar-refractivity contribution is 6.09. The summed E-state index contributed by atoms with van der Waals surface area (Å²) in [5.74, 6) is -2.17. The molecule has 1 aliphatic heterocycles. The lowest BCUT2D eigenvalue weighted by atomic mass is 9.77. The van der Waals surface area contributed by atoms with Crippen LogP contribution in [0, 0.1) is 11.3 Å². The van der Waals surface area contributed by atoms with Crippen molar-refractivity contribution in [2.45, 2.75) is 6.92 Å². The lowest BCUT2D eigenvalue weighted by Crippen LogP contribution is -2.31. The molecule has 2 atom stereocenters. The summed E-state index contributed by atoms with van der Waals surface area (Å²) in [7, 11) is 0. The van der Waals surface area contributed by atoms with Crippen molar-refractivity contribution in [1.29, 1.82) is 0 Å². The molecule has 4 nitrogen and oxygen atoms in total. The molecular formula is C16H16O4. The largest absolute Gasteiger partial charge is 0.507 e. The van der Waals surface area contributed by atoms with Gasteiger partial charge in [0.25, 0.3) is 0 Å². The molecule has 0 aromatic heterocycles. The number of allylic oxidation sites excluding steroid dienone is 1. The number of esters is 1. The van der Waals surface area contributed by atoms with E-state index in [0.717, 1.165) is 6.08 Å². The smallest absolute Gasteiger partial charge is 0.317 e. The van der Waals surface area contributed by atoms with Gasteiger partial charge in [0.1, 0.15) is 18.3 Å². The Morgan fingerprint density at radius 2 is 2.10 bits per heavy atom. The molecule has 20 heavy (non-hydrogen) atoms. The average molecular weight is 272 g/mol. The summed E-state index contributed by atoms with van der Waals surface area (Å²) >= 11 is 0. The van der Waals surface area contributed by atoms with E-state index in [1.54, 1.807) is 37.3 Å². The summed E-state index contributed by atoms with van der Waals surface area (Å²) in [6, 6.07) is 8.67. The van der Waals surface area contributed by atoms with Gasteiger partial charge in [-0.2, -0.15) is 0 Å². The van der Waals surface area contributed by atoms with Crippen molar-refractivity contribution in [2.75, 3.05) is 6.61 Å². The molecule has 4 heteroatoms. The van der Waals surface area contributed by atoms with E-state index < -0.39 is 23.1 Å². The number of hydrogen-bond acceptors (Lipinski definition) is 4. The summed E-state index contributed by atoms with van der Waals surface area (Å²) in [4.78, 5) is 23.9. The van der Waals surface area contributed by atoms with E-state index in [1.807, 2.05) is 6.07 Å². The van der Waals surface area contributed by atoms with Crippen molar-refractivity contribution in [2.24, 2.45) is 11.3 Å². The summed E-state index contributed by atoms with van der Waals surface area (Å²) in [6.45, 7) is 5.52. The molecule has 1 saturated heterocycles. The van der Waals surface area contributed by atoms with Crippen molar-refractivity contribution in [3.05, 3.63) is 54.6 Å². The first-order valence-electron chi connectivity index (χ1n) is 6.28. The van der Waals surface area contributed by atoms with Gasteiger partial charge in [-0.1, -0.05) is 43.3 Å². The van der Waals surface area contributed by atoms with E-state index in [2.05, 4.69) is 6.58 Å². The maximum Gasteiger partial charge on any atom is 0.317 e. The molecule has 2 rings (SSSR count). The topological polar surface area (TPSA) is 63.6 Å². The third-order valence-corrected chi connectivity index (χ3v) is 3.52. The monoisotopic (exact) mass is 272 g/mol. The van der Waals surface area contributed by atoms with Crippen molar-refractivity contribution < 1.29 is 19.4 Å². The van der Waals surface area contributed by atoms with Crippen LogP contribution in [0.5, 0.6) is 0 Å². The predicted octanol–water partition coefficient (Wildman–Crippen LogP) is 2.52. The van der Waals surface area contributed by atoms with Gasteiger partial charge in [-0.25, -0.2) is 0 Å². The third-order valence-electron chi connectivity index (χ3n) is 3.52. The Labute approximate surface area is 117 Å². The molecule has 1 heterocycles. The molecule has 1 aromatic rings. The fourth-order valence-corrected chi connectivity index (χ4v) is 2.19. The minimum atomic E-state index is -0.953. The van der Waals surface area contributed by atoms with E-state index in [-0.39, 0.29) is 12.4 Å². The molecule has 1 N–H and O–H groups in total. The fourth-order valence-electron chi connectivity index (χ4n) is 2.19. The number of hydrogen-bond donors (Lipinski definition) is 1. The Morgan fingerprint density at radius 1 is 1.45 bits per heavy atom. The molecule has 0 amide bonds. The summed E-state index contributed by atoms with van der Waals surface area (Å²) < 4.78 is 4.94. The second-order valence-electron chi connectivity index (χ2n) is 5.05. The zero-order valence-corrected chi connectivity index (χ0v) is 11.2. The highest BCUT2D eigenvalue weighted by Gasteiger charge is 2.48. The molecule has 1 fully saturated rings. The maximum absolute atomic E-state index is 12.2. The van der Waals surface area contributed by atoms with Gasteiger partial charge in [-0.15, -0.1) is 6.58 Å². The molecule has 0 aliphatic carbocycles. The predicted molar refractivity (Wildman–Crippen MR) is 74.8 cm³/mol. The highest BCUT2D eigenvalue weighted by atomic mass is 16.5. The number of benzene rings is 1. The quantitative estimate of drug-likeness (QED) is 0.301. The number of aliphatic hydroxyl groups is 1. The molecular weight excluding hydrogens is 256 g/mol. The van der Waals surface area contributed by atoms with Crippen LogP contribution in [0.15, 0.2) is 49.1 Å². The number of carbonyl (C=O) groups excluding carboxylic acids is 2. The van der Waals surface area contributed by atoms with Crippen LogP contribution in [-0.2, 0) is 14.3 Å². The number of aliphatic hydroxyl groups excluding tert-OH is 1. The standard InChI is InChI=1S/C16H16O4/c1-3-16(2)10-20-15(19)14(16)13(18)9-12(17)11-7-5-4-6-8-11/h3-9,14,17H,1,10H2,2H3/b12-9-/t14-,16-/m1/s1. The van der Waals surface area contributed by atoms with Crippen LogP contribution >= 0.6 is 0 Å². The van der Waals surface area contributed by atoms with Gasteiger partial charge < -0.3 is 9.84 Å². The van der Waals surface area contributed by atoms with Gasteiger partial charge in [0.15, 0.2) is 5.78 Å². The Bertz CT molecular complexity index is 573. The summed E-state index contributed by atoms with van der Waals surface area (Å²) in [6.07, 6.45) is 2.63. The average Bonchev–Trinajstić information content (AvgIpc) is 2.76. The molecule has 0 unspecified atom stereocenters. The highest BCUT2D eigenvalue weighted by Crippen LogP contribution is 2.37. The van der Waals surface area contributed by atoms with Crippen molar-refractivity contribution in [1.82, 2.24) is 0 Å². The third kappa shape index (κ3) is 2.50. The van der Waals surface area contributed by atoms with Crippen LogP contribution < -0.4 is 0 Å². The van der Waals surface area contributed by atoms with Crippen LogP contribution in [0.25, 0.3) is 5.76 Å². The van der Waals surface area contributed by atoms with Crippen molar-refractivity contribution in [3.8, 4) is 0 Å². The molecule has 0 bridgehead atoms. The van der Waals surface area contributed by atoms with Crippen LogP contribution in [0.4, 0.5) is 0 Å². The second-order valence-corrected chi connectivity index (χ2v) is 5.05. The molecule has 0 saturated carbocycles. The van der Waals surface area contributed by atoms with Crippen LogP contribution in [0.1, 0.15) is 12.5 Å². The Balaban J connectivity index is 2.28. The first-order chi connectivity index (χ1) is 9.48. The van der Waals surface area contributed by atoms with E-state index >= 15 is 0 Å². The van der Waals surface area contributed by atoms with Gasteiger partial charge >= 0.3 is 5.97 Å². The first kappa shape index (κ1) is 14.1. The van der Waals surface area contributed by atoms with Gasteiger partial charge in [0.05, 0.1) is 0 Å². The molecule has 0 radical (unpaired) electrons. The fraction of sp³-hybridized carbons (Fsp3) is 0.250. The van der Waals surface area contributed by atoms with Gasteiger partial charge in [0, 0.05) is 17.1 Å². The summed E-state index contributed by atoms with van der Waals surface area (Å²) in [5.41, 5.74) is -0.214. The molecule has 1 aromatic carbocycles. The SMILES string of the molecule is C=C[C@]1(C)COC(=O)[C@H]1C(=O)/C=C(\O)c1ccccc1. The zero-order chi connectivity index (χ0) is 14.8. The van der Waals surface area contributed by atoms with Crippen molar-refractivity contribution >= 4 is 17.5 Å². The van der Waals surface area contributed by atoms with E-state index in [1.165, 1.54) is 0 Å². The Kier molecular flexibility index (Phi) is 3.74. The Morgan fingerprint density at radius 3 is 2.70 bits per heavy atom. The number of cyclic esters (lactones) is 1. The van der Waals surface area contributed by atoms with E-state index in [4.69, 9.17) is 4.74 Å². The van der Waals surface area contributed by atoms with Gasteiger partial charge in [-0.05, 0) is 0 Å². The minimum Gasteiger partial charge on any atom is -0.507 e. The zero-order valence-electron chi connectivity index (χ0n) is 11.2. The summed E-state index contributed by atoms with van der Waals surface area (Å²) in [5, 5.41) is 9.94. The van der Waals surface area contributed by atoms with Gasteiger partial charge in [-0.3, -0.25) is 9.59 Å².